The number of hydrogen-bond acceptors (Lipinski definition) is 4. The van der Waals surface area contributed by atoms with E-state index in [-0.39, 0.29) is 11.8 Å². The monoisotopic (exact) mass is 276 g/mol. The molecular formula is C15H20N2O3. The van der Waals surface area contributed by atoms with Gasteiger partial charge in [0.25, 0.3) is 0 Å². The molecule has 0 aliphatic heterocycles. The summed E-state index contributed by atoms with van der Waals surface area (Å²) in [4.78, 5) is 11.1. The Morgan fingerprint density at radius 3 is 2.95 bits per heavy atom. The van der Waals surface area contributed by atoms with Crippen LogP contribution in [0.4, 0.5) is 5.69 Å². The number of fused-ring (bicyclic) bond motifs is 1. The van der Waals surface area contributed by atoms with Gasteiger partial charge in [-0.15, -0.1) is 0 Å². The van der Waals surface area contributed by atoms with Crippen molar-refractivity contribution in [1.29, 1.82) is 5.41 Å². The normalized spacial score (nSPS) is 20.9. The maximum absolute atomic E-state index is 11.1. The summed E-state index contributed by atoms with van der Waals surface area (Å²) >= 11 is 0. The highest BCUT2D eigenvalue weighted by atomic mass is 16.5. The van der Waals surface area contributed by atoms with Crippen molar-refractivity contribution in [1.82, 2.24) is 0 Å². The first-order valence-corrected chi connectivity index (χ1v) is 6.82. The van der Waals surface area contributed by atoms with E-state index in [0.717, 1.165) is 18.4 Å². The summed E-state index contributed by atoms with van der Waals surface area (Å²) in [5.74, 6) is -0.230. The number of nitrogens with one attached hydrogen (secondary N) is 2. The van der Waals surface area contributed by atoms with Crippen molar-refractivity contribution in [2.24, 2.45) is 0 Å². The summed E-state index contributed by atoms with van der Waals surface area (Å²) in [5.41, 5.74) is 1.02. The largest absolute Gasteiger partial charge is 0.479 e. The van der Waals surface area contributed by atoms with Crippen LogP contribution in [0.25, 0.3) is 0 Å². The van der Waals surface area contributed by atoms with E-state index in [1.165, 1.54) is 6.92 Å². The van der Waals surface area contributed by atoms with Crippen LogP contribution in [0, 0.1) is 5.41 Å². The minimum atomic E-state index is -1.35. The minimum Gasteiger partial charge on any atom is -0.479 e. The number of ether oxygens (including phenoxy) is 1. The number of anilines is 1. The molecule has 0 fully saturated rings. The van der Waals surface area contributed by atoms with Gasteiger partial charge in [0.1, 0.15) is 0 Å². The molecule has 108 valence electrons. The molecule has 3 N–H and O–H groups in total. The summed E-state index contributed by atoms with van der Waals surface area (Å²) < 4.78 is 5.20. The predicted molar refractivity (Wildman–Crippen MR) is 76.9 cm³/mol. The van der Waals surface area contributed by atoms with Crippen LogP contribution in [-0.2, 0) is 21.6 Å². The molecule has 2 rings (SSSR count). The molecule has 0 heterocycles. The molecule has 0 saturated heterocycles. The first-order valence-electron chi connectivity index (χ1n) is 6.82. The maximum atomic E-state index is 11.1. The molecule has 1 unspecified atom stereocenters. The molecule has 5 nitrogen and oxygen atoms in total. The predicted octanol–water partition coefficient (Wildman–Crippen LogP) is 2.18. The van der Waals surface area contributed by atoms with Gasteiger partial charge in [0.2, 0.25) is 11.8 Å². The number of aryl methyl sites for hydroxylation is 1. The molecule has 1 amide bonds. The molecule has 0 aromatic heterocycles. The Kier molecular flexibility index (Phi) is 4.09. The van der Waals surface area contributed by atoms with Gasteiger partial charge < -0.3 is 15.2 Å². The van der Waals surface area contributed by atoms with Gasteiger partial charge in [-0.05, 0) is 49.4 Å². The smallest absolute Gasteiger partial charge is 0.221 e. The lowest BCUT2D eigenvalue weighted by Gasteiger charge is -2.34. The summed E-state index contributed by atoms with van der Waals surface area (Å²) in [7, 11) is 0. The molecule has 20 heavy (non-hydrogen) atoms. The Bertz CT molecular complexity index is 542. The zero-order valence-electron chi connectivity index (χ0n) is 11.8. The van der Waals surface area contributed by atoms with E-state index >= 15 is 0 Å². The number of aliphatic hydroxyl groups is 1. The quantitative estimate of drug-likeness (QED) is 0.584. The second kappa shape index (κ2) is 5.63. The van der Waals surface area contributed by atoms with Gasteiger partial charge >= 0.3 is 0 Å². The lowest BCUT2D eigenvalue weighted by molar-refractivity contribution is -0.114. The van der Waals surface area contributed by atoms with Gasteiger partial charge in [-0.2, -0.15) is 0 Å². The lowest BCUT2D eigenvalue weighted by atomic mass is 9.78. The topological polar surface area (TPSA) is 82.4 Å². The summed E-state index contributed by atoms with van der Waals surface area (Å²) in [6.07, 6.45) is 2.09. The van der Waals surface area contributed by atoms with Crippen LogP contribution in [0.1, 0.15) is 37.8 Å². The fraction of sp³-hybridized carbons (Fsp3) is 0.467. The molecule has 5 heteroatoms. The first kappa shape index (κ1) is 14.5. The van der Waals surface area contributed by atoms with Crippen molar-refractivity contribution >= 4 is 17.5 Å². The van der Waals surface area contributed by atoms with E-state index in [9.17, 15) is 9.90 Å². The van der Waals surface area contributed by atoms with Crippen molar-refractivity contribution < 1.29 is 14.6 Å². The van der Waals surface area contributed by atoms with Crippen molar-refractivity contribution in [3.63, 3.8) is 0 Å². The second-order valence-electron chi connectivity index (χ2n) is 5.03. The molecule has 0 spiro atoms. The van der Waals surface area contributed by atoms with Gasteiger partial charge in [0.05, 0.1) is 6.61 Å². The van der Waals surface area contributed by atoms with E-state index in [4.69, 9.17) is 10.1 Å². The molecule has 0 bridgehead atoms. The van der Waals surface area contributed by atoms with E-state index < -0.39 is 5.60 Å². The van der Waals surface area contributed by atoms with E-state index in [1.54, 1.807) is 19.1 Å². The highest BCUT2D eigenvalue weighted by molar-refractivity contribution is 5.89. The summed E-state index contributed by atoms with van der Waals surface area (Å²) in [6, 6.07) is 5.38. The minimum absolute atomic E-state index is 0.103. The molecule has 1 aliphatic rings. The van der Waals surface area contributed by atoms with E-state index in [0.29, 0.717) is 24.3 Å². The fourth-order valence-electron chi connectivity index (χ4n) is 2.65. The number of carbonyl (C=O) groups is 1. The van der Waals surface area contributed by atoms with Crippen LogP contribution in [0.5, 0.6) is 0 Å². The second-order valence-corrected chi connectivity index (χ2v) is 5.03. The third-order valence-electron chi connectivity index (χ3n) is 3.52. The van der Waals surface area contributed by atoms with Crippen LogP contribution in [0.2, 0.25) is 0 Å². The highest BCUT2D eigenvalue weighted by Crippen LogP contribution is 2.37. The van der Waals surface area contributed by atoms with Gasteiger partial charge in [0.15, 0.2) is 5.60 Å². The Labute approximate surface area is 118 Å². The number of hydrogen-bond donors (Lipinski definition) is 3. The number of rotatable bonds is 3. The van der Waals surface area contributed by atoms with Crippen LogP contribution < -0.4 is 5.32 Å². The van der Waals surface area contributed by atoms with Gasteiger partial charge in [-0.1, -0.05) is 6.07 Å². The Balaban J connectivity index is 2.36. The summed E-state index contributed by atoms with van der Waals surface area (Å²) in [5, 5.41) is 21.4. The SMILES string of the molecule is CCOC(=N)C1(O)CCCc2cc(NC(C)=O)ccc21. The third kappa shape index (κ3) is 2.67. The van der Waals surface area contributed by atoms with Crippen molar-refractivity contribution in [2.45, 2.75) is 38.7 Å². The number of amides is 1. The fourth-order valence-corrected chi connectivity index (χ4v) is 2.65. The Morgan fingerprint density at radius 2 is 2.30 bits per heavy atom. The standard InChI is InChI=1S/C15H20N2O3/c1-3-20-14(16)15(19)8-4-5-11-9-12(17-10(2)18)6-7-13(11)15/h6-7,9,16,19H,3-5,8H2,1-2H3,(H,17,18). The zero-order chi connectivity index (χ0) is 14.8. The molecule has 0 radical (unpaired) electrons. The Hall–Kier alpha value is -1.88. The van der Waals surface area contributed by atoms with Crippen molar-refractivity contribution in [3.8, 4) is 0 Å². The average molecular weight is 276 g/mol. The number of benzene rings is 1. The van der Waals surface area contributed by atoms with Crippen LogP contribution in [0.3, 0.4) is 0 Å². The van der Waals surface area contributed by atoms with Crippen molar-refractivity contribution in [3.05, 3.63) is 29.3 Å². The van der Waals surface area contributed by atoms with Crippen LogP contribution >= 0.6 is 0 Å². The Morgan fingerprint density at radius 1 is 1.55 bits per heavy atom. The van der Waals surface area contributed by atoms with Gasteiger partial charge in [-0.3, -0.25) is 10.2 Å². The average Bonchev–Trinajstić information content (AvgIpc) is 2.38. The molecule has 1 aromatic carbocycles. The molecule has 1 aromatic rings. The molecule has 1 aliphatic carbocycles. The van der Waals surface area contributed by atoms with Gasteiger partial charge in [0, 0.05) is 12.6 Å². The molecule has 1 atom stereocenters. The third-order valence-corrected chi connectivity index (χ3v) is 3.52. The van der Waals surface area contributed by atoms with Crippen LogP contribution in [-0.4, -0.2) is 23.5 Å². The highest BCUT2D eigenvalue weighted by Gasteiger charge is 2.40. The molecular weight excluding hydrogens is 256 g/mol. The summed E-state index contributed by atoms with van der Waals surface area (Å²) in [6.45, 7) is 3.61. The number of carbonyl (C=O) groups excluding carboxylic acids is 1. The lowest BCUT2D eigenvalue weighted by Crippen LogP contribution is -2.40. The first-order chi connectivity index (χ1) is 9.47. The van der Waals surface area contributed by atoms with Crippen molar-refractivity contribution in [2.75, 3.05) is 11.9 Å². The zero-order valence-corrected chi connectivity index (χ0v) is 11.8. The van der Waals surface area contributed by atoms with Gasteiger partial charge in [-0.25, -0.2) is 0 Å². The van der Waals surface area contributed by atoms with Crippen LogP contribution in [0.15, 0.2) is 18.2 Å². The van der Waals surface area contributed by atoms with E-state index in [2.05, 4.69) is 5.32 Å². The molecule has 0 saturated carbocycles. The maximum Gasteiger partial charge on any atom is 0.221 e. The van der Waals surface area contributed by atoms with E-state index in [1.807, 2.05) is 6.07 Å².